The molecule has 0 bridgehead atoms. The zero-order valence-electron chi connectivity index (χ0n) is 18.0. The Morgan fingerprint density at radius 1 is 1.06 bits per heavy atom. The van der Waals surface area contributed by atoms with Crippen molar-refractivity contribution in [3.05, 3.63) is 53.2 Å². The third-order valence-corrected chi connectivity index (χ3v) is 5.24. The molecule has 2 aromatic rings. The smallest absolute Gasteiger partial charge is 0.410 e. The number of amides is 3. The molecule has 0 aliphatic carbocycles. The number of imide groups is 1. The first-order valence-corrected chi connectivity index (χ1v) is 10.3. The zero-order chi connectivity index (χ0) is 23.0. The molecule has 2 aliphatic rings. The lowest BCUT2D eigenvalue weighted by Gasteiger charge is -2.32. The maximum atomic E-state index is 12.7. The van der Waals surface area contributed by atoms with E-state index < -0.39 is 29.5 Å². The number of likely N-dealkylation sites (tertiary alicyclic amines) is 1. The zero-order valence-corrected chi connectivity index (χ0v) is 18.0. The van der Waals surface area contributed by atoms with Gasteiger partial charge in [-0.15, -0.1) is 0 Å². The molecule has 0 radical (unpaired) electrons. The number of nitrogens with zero attached hydrogens (tertiary/aromatic N) is 3. The van der Waals surface area contributed by atoms with Gasteiger partial charge in [0.15, 0.2) is 12.1 Å². The number of carbonyl (C=O) groups excluding carboxylic acids is 4. The molecule has 1 aromatic heterocycles. The number of piperidine rings is 1. The number of benzene rings is 1. The van der Waals surface area contributed by atoms with E-state index in [0.717, 1.165) is 6.39 Å². The summed E-state index contributed by atoms with van der Waals surface area (Å²) in [6.07, 6.45) is 1.79. The van der Waals surface area contributed by atoms with Crippen molar-refractivity contribution < 1.29 is 33.2 Å². The van der Waals surface area contributed by atoms with Crippen LogP contribution in [0.15, 0.2) is 35.1 Å². The summed E-state index contributed by atoms with van der Waals surface area (Å²) in [6, 6.07) is 6.22. The molecule has 0 N–H and O–H groups in total. The molecule has 10 nitrogen and oxygen atoms in total. The van der Waals surface area contributed by atoms with Gasteiger partial charge in [-0.2, -0.15) is 0 Å². The van der Waals surface area contributed by atoms with Gasteiger partial charge < -0.3 is 18.9 Å². The third kappa shape index (κ3) is 4.08. The Kier molecular flexibility index (Phi) is 5.45. The molecule has 1 aromatic carbocycles. The number of oxazole rings is 1. The SMILES string of the molecule is CC(C)(C)OC(=O)N1CCC(c2ocnc2C(=O)ON2C(=O)c3ccccc3C2=O)CC1. The lowest BCUT2D eigenvalue weighted by Crippen LogP contribution is -2.41. The van der Waals surface area contributed by atoms with E-state index in [1.807, 2.05) is 0 Å². The number of hydrogen-bond acceptors (Lipinski definition) is 8. The molecule has 3 heterocycles. The lowest BCUT2D eigenvalue weighted by molar-refractivity contribution is -0.0590. The fourth-order valence-corrected chi connectivity index (χ4v) is 3.73. The topological polar surface area (TPSA) is 119 Å². The fraction of sp³-hybridized carbons (Fsp3) is 0.409. The van der Waals surface area contributed by atoms with Crippen molar-refractivity contribution in [1.82, 2.24) is 14.9 Å². The summed E-state index contributed by atoms with van der Waals surface area (Å²) in [6.45, 7) is 6.26. The van der Waals surface area contributed by atoms with Gasteiger partial charge in [0.25, 0.3) is 11.8 Å². The van der Waals surface area contributed by atoms with Crippen LogP contribution >= 0.6 is 0 Å². The van der Waals surface area contributed by atoms with Crippen LogP contribution in [-0.4, -0.2) is 57.5 Å². The van der Waals surface area contributed by atoms with Gasteiger partial charge in [0.2, 0.25) is 0 Å². The number of aromatic nitrogens is 1. The number of rotatable bonds is 3. The van der Waals surface area contributed by atoms with Crippen molar-refractivity contribution >= 4 is 23.9 Å². The van der Waals surface area contributed by atoms with E-state index in [9.17, 15) is 19.2 Å². The summed E-state index contributed by atoms with van der Waals surface area (Å²) in [5, 5.41) is 0.441. The Morgan fingerprint density at radius 2 is 1.66 bits per heavy atom. The Labute approximate surface area is 184 Å². The largest absolute Gasteiger partial charge is 0.447 e. The molecule has 4 rings (SSSR count). The van der Waals surface area contributed by atoms with Crippen molar-refractivity contribution in [2.45, 2.75) is 45.1 Å². The van der Waals surface area contributed by atoms with Crippen LogP contribution in [-0.2, 0) is 9.57 Å². The molecular weight excluding hydrogens is 418 g/mol. The summed E-state index contributed by atoms with van der Waals surface area (Å²) in [7, 11) is 0. The molecule has 1 fully saturated rings. The fourth-order valence-electron chi connectivity index (χ4n) is 3.73. The van der Waals surface area contributed by atoms with Gasteiger partial charge in [0, 0.05) is 19.0 Å². The Morgan fingerprint density at radius 3 is 2.22 bits per heavy atom. The summed E-state index contributed by atoms with van der Waals surface area (Å²) in [4.78, 5) is 60.5. The van der Waals surface area contributed by atoms with Crippen molar-refractivity contribution in [2.24, 2.45) is 0 Å². The van der Waals surface area contributed by atoms with Gasteiger partial charge in [0.05, 0.1) is 11.1 Å². The van der Waals surface area contributed by atoms with Crippen molar-refractivity contribution in [3.63, 3.8) is 0 Å². The Hall–Kier alpha value is -3.69. The first-order valence-electron chi connectivity index (χ1n) is 10.3. The Bertz CT molecular complexity index is 1040. The first-order chi connectivity index (χ1) is 15.2. The van der Waals surface area contributed by atoms with E-state index in [4.69, 9.17) is 14.0 Å². The second-order valence-corrected chi connectivity index (χ2v) is 8.64. The number of ether oxygens (including phenoxy) is 1. The molecule has 2 aliphatic heterocycles. The van der Waals surface area contributed by atoms with E-state index in [1.165, 1.54) is 12.1 Å². The van der Waals surface area contributed by atoms with E-state index in [-0.39, 0.29) is 22.7 Å². The second-order valence-electron chi connectivity index (χ2n) is 8.64. The van der Waals surface area contributed by atoms with Crippen LogP contribution in [0.2, 0.25) is 0 Å². The van der Waals surface area contributed by atoms with Crippen molar-refractivity contribution in [1.29, 1.82) is 0 Å². The second kappa shape index (κ2) is 8.10. The van der Waals surface area contributed by atoms with Crippen LogP contribution in [0.25, 0.3) is 0 Å². The highest BCUT2D eigenvalue weighted by Crippen LogP contribution is 2.32. The van der Waals surface area contributed by atoms with Gasteiger partial charge in [-0.3, -0.25) is 9.59 Å². The van der Waals surface area contributed by atoms with Crippen LogP contribution in [0.4, 0.5) is 4.79 Å². The van der Waals surface area contributed by atoms with Crippen LogP contribution in [0.1, 0.15) is 76.5 Å². The van der Waals surface area contributed by atoms with Gasteiger partial charge >= 0.3 is 12.1 Å². The normalized spacial score (nSPS) is 16.8. The third-order valence-electron chi connectivity index (χ3n) is 5.24. The molecule has 168 valence electrons. The number of hydrogen-bond donors (Lipinski definition) is 0. The minimum Gasteiger partial charge on any atom is -0.447 e. The molecule has 0 atom stereocenters. The van der Waals surface area contributed by atoms with E-state index >= 15 is 0 Å². The molecule has 0 spiro atoms. The van der Waals surface area contributed by atoms with E-state index in [0.29, 0.717) is 36.8 Å². The predicted octanol–water partition coefficient (Wildman–Crippen LogP) is 3.16. The van der Waals surface area contributed by atoms with Gasteiger partial charge in [0.1, 0.15) is 11.4 Å². The number of carbonyl (C=O) groups is 4. The minimum atomic E-state index is -0.960. The van der Waals surface area contributed by atoms with Crippen LogP contribution in [0, 0.1) is 0 Å². The predicted molar refractivity (Wildman–Crippen MR) is 109 cm³/mol. The summed E-state index contributed by atoms with van der Waals surface area (Å²) in [5.74, 6) is -2.27. The molecule has 3 amide bonds. The van der Waals surface area contributed by atoms with Crippen LogP contribution < -0.4 is 0 Å². The van der Waals surface area contributed by atoms with Gasteiger partial charge in [-0.05, 0) is 45.7 Å². The molecular formula is C22H23N3O7. The van der Waals surface area contributed by atoms with E-state index in [1.54, 1.807) is 37.8 Å². The first kappa shape index (κ1) is 21.5. The maximum absolute atomic E-state index is 12.7. The molecule has 1 saturated heterocycles. The highest BCUT2D eigenvalue weighted by atomic mass is 16.7. The van der Waals surface area contributed by atoms with Crippen molar-refractivity contribution in [3.8, 4) is 0 Å². The molecule has 32 heavy (non-hydrogen) atoms. The summed E-state index contributed by atoms with van der Waals surface area (Å²) < 4.78 is 10.8. The lowest BCUT2D eigenvalue weighted by atomic mass is 9.93. The standard InChI is InChI=1S/C22H23N3O7/c1-22(2,3)31-21(29)24-10-8-13(9-11-24)17-16(23-12-30-17)20(28)32-25-18(26)14-6-4-5-7-15(14)19(25)27/h4-7,12-13H,8-11H2,1-3H3. The average Bonchev–Trinajstić information content (AvgIpc) is 3.33. The highest BCUT2D eigenvalue weighted by molar-refractivity contribution is 6.21. The Balaban J connectivity index is 1.41. The average molecular weight is 441 g/mol. The summed E-state index contributed by atoms with van der Waals surface area (Å²) in [5.41, 5.74) is -0.349. The number of hydroxylamine groups is 2. The monoisotopic (exact) mass is 441 g/mol. The summed E-state index contributed by atoms with van der Waals surface area (Å²) >= 11 is 0. The molecule has 0 saturated carbocycles. The van der Waals surface area contributed by atoms with E-state index in [2.05, 4.69) is 4.98 Å². The molecule has 10 heteroatoms. The van der Waals surface area contributed by atoms with Crippen molar-refractivity contribution in [2.75, 3.05) is 13.1 Å². The number of fused-ring (bicyclic) bond motifs is 1. The van der Waals surface area contributed by atoms with Gasteiger partial charge in [-0.1, -0.05) is 17.2 Å². The quantitative estimate of drug-likeness (QED) is 0.667. The molecule has 0 unspecified atom stereocenters. The highest BCUT2D eigenvalue weighted by Gasteiger charge is 2.40. The van der Waals surface area contributed by atoms with Crippen LogP contribution in [0.5, 0.6) is 0 Å². The van der Waals surface area contributed by atoms with Gasteiger partial charge in [-0.25, -0.2) is 14.6 Å². The maximum Gasteiger partial charge on any atom is 0.410 e. The van der Waals surface area contributed by atoms with Crippen LogP contribution in [0.3, 0.4) is 0 Å². The minimum absolute atomic E-state index is 0.0997.